The Hall–Kier alpha value is -0.610. The number of nitrogens with zero attached hydrogens (tertiary/aromatic N) is 2. The smallest absolute Gasteiger partial charge is 0.232 e. The van der Waals surface area contributed by atoms with E-state index in [4.69, 9.17) is 9.51 Å². The summed E-state index contributed by atoms with van der Waals surface area (Å²) in [5.74, 6) is 4.60. The maximum Gasteiger partial charge on any atom is 0.232 e. The Bertz CT molecular complexity index is 466. The fourth-order valence-electron chi connectivity index (χ4n) is 5.30. The molecule has 1 aromatic heterocycles. The first-order valence-corrected chi connectivity index (χ1v) is 8.17. The van der Waals surface area contributed by atoms with Gasteiger partial charge in [-0.3, -0.25) is 0 Å². The van der Waals surface area contributed by atoms with Crippen LogP contribution in [0.1, 0.15) is 57.2 Å². The molecule has 4 aliphatic carbocycles. The number of hydrogen-bond acceptors (Lipinski definition) is 4. The second-order valence-electron chi connectivity index (χ2n) is 7.61. The SMILES string of the molecule is CNC(C)Cc1noc(C23CC4CC(CC(C4)C2)C3)n1.Cl. The Morgan fingerprint density at radius 3 is 2.29 bits per heavy atom. The zero-order valence-electron chi connectivity index (χ0n) is 13.0. The molecular weight excluding hydrogens is 286 g/mol. The normalized spacial score (nSPS) is 38.3. The largest absolute Gasteiger partial charge is 0.339 e. The summed E-state index contributed by atoms with van der Waals surface area (Å²) in [7, 11) is 1.98. The average Bonchev–Trinajstić information content (AvgIpc) is 2.86. The summed E-state index contributed by atoms with van der Waals surface area (Å²) in [4.78, 5) is 4.77. The summed E-state index contributed by atoms with van der Waals surface area (Å²) in [5.41, 5.74) is 0.239. The first kappa shape index (κ1) is 15.3. The highest BCUT2D eigenvalue weighted by Gasteiger charge is 2.54. The lowest BCUT2D eigenvalue weighted by molar-refractivity contribution is -0.0201. The standard InChI is InChI=1S/C16H25N3O.ClH/c1-10(17-2)3-14-18-15(20-19-14)16-7-11-4-12(8-16)6-13(5-11)9-16;/h10-13,17H,3-9H2,1-2H3;1H. The van der Waals surface area contributed by atoms with E-state index in [1.807, 2.05) is 7.05 Å². The summed E-state index contributed by atoms with van der Waals surface area (Å²) in [5, 5.41) is 7.47. The molecule has 1 unspecified atom stereocenters. The molecule has 0 aromatic carbocycles. The number of halogens is 1. The monoisotopic (exact) mass is 311 g/mol. The molecule has 4 aliphatic rings. The molecule has 118 valence electrons. The highest BCUT2D eigenvalue weighted by atomic mass is 35.5. The van der Waals surface area contributed by atoms with Crippen molar-refractivity contribution < 1.29 is 4.52 Å². The molecule has 4 fully saturated rings. The van der Waals surface area contributed by atoms with Crippen molar-refractivity contribution in [2.45, 2.75) is 63.3 Å². The predicted octanol–water partition coefficient (Wildman–Crippen LogP) is 3.11. The predicted molar refractivity (Wildman–Crippen MR) is 83.6 cm³/mol. The van der Waals surface area contributed by atoms with Crippen LogP contribution in [0.2, 0.25) is 0 Å². The zero-order chi connectivity index (χ0) is 13.7. The molecule has 5 heteroatoms. The average molecular weight is 312 g/mol. The maximum atomic E-state index is 5.71. The van der Waals surface area contributed by atoms with Crippen molar-refractivity contribution in [3.63, 3.8) is 0 Å². The number of likely N-dealkylation sites (N-methyl/N-ethyl adjacent to an activating group) is 1. The molecule has 4 nitrogen and oxygen atoms in total. The van der Waals surface area contributed by atoms with E-state index in [2.05, 4.69) is 17.4 Å². The highest BCUT2D eigenvalue weighted by molar-refractivity contribution is 5.85. The van der Waals surface area contributed by atoms with Crippen molar-refractivity contribution in [1.82, 2.24) is 15.5 Å². The van der Waals surface area contributed by atoms with Crippen molar-refractivity contribution in [1.29, 1.82) is 0 Å². The summed E-state index contributed by atoms with van der Waals surface area (Å²) >= 11 is 0. The Kier molecular flexibility index (Phi) is 4.04. The zero-order valence-corrected chi connectivity index (χ0v) is 13.8. The maximum absolute atomic E-state index is 5.71. The molecule has 1 atom stereocenters. The minimum Gasteiger partial charge on any atom is -0.339 e. The Balaban J connectivity index is 0.00000132. The van der Waals surface area contributed by atoms with Crippen LogP contribution in [0.25, 0.3) is 0 Å². The van der Waals surface area contributed by atoms with Crippen LogP contribution < -0.4 is 5.32 Å². The first-order valence-electron chi connectivity index (χ1n) is 8.17. The molecule has 0 aliphatic heterocycles. The second-order valence-corrected chi connectivity index (χ2v) is 7.61. The summed E-state index contributed by atoms with van der Waals surface area (Å²) in [6.07, 6.45) is 9.10. The van der Waals surface area contributed by atoms with E-state index in [9.17, 15) is 0 Å². The van der Waals surface area contributed by atoms with E-state index < -0.39 is 0 Å². The van der Waals surface area contributed by atoms with Gasteiger partial charge in [0.15, 0.2) is 5.82 Å². The van der Waals surface area contributed by atoms with E-state index in [1.54, 1.807) is 0 Å². The van der Waals surface area contributed by atoms with Crippen LogP contribution in [0.15, 0.2) is 4.52 Å². The van der Waals surface area contributed by atoms with Crippen LogP contribution >= 0.6 is 12.4 Å². The third-order valence-electron chi connectivity index (χ3n) is 5.94. The summed E-state index contributed by atoms with van der Waals surface area (Å²) in [6.45, 7) is 2.15. The minimum absolute atomic E-state index is 0. The van der Waals surface area contributed by atoms with Gasteiger partial charge in [0.25, 0.3) is 0 Å². The van der Waals surface area contributed by atoms with Crippen LogP contribution in [0.3, 0.4) is 0 Å². The topological polar surface area (TPSA) is 51.0 Å². The van der Waals surface area contributed by atoms with Crippen molar-refractivity contribution in [3.8, 4) is 0 Å². The molecule has 21 heavy (non-hydrogen) atoms. The van der Waals surface area contributed by atoms with E-state index in [0.717, 1.165) is 35.9 Å². The molecule has 0 amide bonds. The van der Waals surface area contributed by atoms with Crippen LogP contribution in [0.5, 0.6) is 0 Å². The highest BCUT2D eigenvalue weighted by Crippen LogP contribution is 2.60. The van der Waals surface area contributed by atoms with Gasteiger partial charge in [0.2, 0.25) is 5.89 Å². The number of hydrogen-bond donors (Lipinski definition) is 1. The lowest BCUT2D eigenvalue weighted by atomic mass is 9.49. The van der Waals surface area contributed by atoms with Crippen molar-refractivity contribution in [3.05, 3.63) is 11.7 Å². The minimum atomic E-state index is 0. The second kappa shape index (κ2) is 5.54. The quantitative estimate of drug-likeness (QED) is 0.928. The summed E-state index contributed by atoms with van der Waals surface area (Å²) < 4.78 is 5.71. The van der Waals surface area contributed by atoms with E-state index in [0.29, 0.717) is 6.04 Å². The Labute approximate surface area is 132 Å². The lowest BCUT2D eigenvalue weighted by Gasteiger charge is -2.55. The van der Waals surface area contributed by atoms with Gasteiger partial charge in [-0.2, -0.15) is 4.98 Å². The van der Waals surface area contributed by atoms with Gasteiger partial charge >= 0.3 is 0 Å². The van der Waals surface area contributed by atoms with Gasteiger partial charge in [-0.05, 0) is 70.3 Å². The van der Waals surface area contributed by atoms with Crippen LogP contribution in [0.4, 0.5) is 0 Å². The van der Waals surface area contributed by atoms with Crippen molar-refractivity contribution in [2.75, 3.05) is 7.05 Å². The molecular formula is C16H26ClN3O. The van der Waals surface area contributed by atoms with Crippen LogP contribution in [-0.2, 0) is 11.8 Å². The number of nitrogens with one attached hydrogen (secondary N) is 1. The van der Waals surface area contributed by atoms with Gasteiger partial charge in [-0.15, -0.1) is 12.4 Å². The fraction of sp³-hybridized carbons (Fsp3) is 0.875. The van der Waals surface area contributed by atoms with Crippen LogP contribution in [0, 0.1) is 17.8 Å². The van der Waals surface area contributed by atoms with Gasteiger partial charge in [0.1, 0.15) is 0 Å². The van der Waals surface area contributed by atoms with E-state index in [-0.39, 0.29) is 17.8 Å². The van der Waals surface area contributed by atoms with Crippen LogP contribution in [-0.4, -0.2) is 23.2 Å². The van der Waals surface area contributed by atoms with Crippen molar-refractivity contribution in [2.24, 2.45) is 17.8 Å². The lowest BCUT2D eigenvalue weighted by Crippen LogP contribution is -2.48. The molecule has 4 bridgehead atoms. The molecule has 4 saturated carbocycles. The molecule has 1 N–H and O–H groups in total. The van der Waals surface area contributed by atoms with Gasteiger partial charge < -0.3 is 9.84 Å². The molecule has 0 saturated heterocycles. The van der Waals surface area contributed by atoms with Gasteiger partial charge in [0.05, 0.1) is 5.41 Å². The fourth-order valence-corrected chi connectivity index (χ4v) is 5.30. The third-order valence-corrected chi connectivity index (χ3v) is 5.94. The molecule has 5 rings (SSSR count). The molecule has 0 radical (unpaired) electrons. The number of rotatable bonds is 4. The van der Waals surface area contributed by atoms with Gasteiger partial charge in [0, 0.05) is 12.5 Å². The van der Waals surface area contributed by atoms with E-state index in [1.165, 1.54) is 38.5 Å². The van der Waals surface area contributed by atoms with Crippen molar-refractivity contribution >= 4 is 12.4 Å². The van der Waals surface area contributed by atoms with Gasteiger partial charge in [-0.1, -0.05) is 5.16 Å². The van der Waals surface area contributed by atoms with Gasteiger partial charge in [-0.25, -0.2) is 0 Å². The Morgan fingerprint density at radius 1 is 1.19 bits per heavy atom. The summed E-state index contributed by atoms with van der Waals surface area (Å²) in [6, 6.07) is 0.400. The molecule has 0 spiro atoms. The molecule has 1 heterocycles. The Morgan fingerprint density at radius 2 is 1.76 bits per heavy atom. The first-order chi connectivity index (χ1) is 9.67. The third kappa shape index (κ3) is 2.61. The number of aromatic nitrogens is 2. The molecule has 1 aromatic rings. The van der Waals surface area contributed by atoms with E-state index >= 15 is 0 Å².